The molecule has 1 amide bonds. The summed E-state index contributed by atoms with van der Waals surface area (Å²) in [5.74, 6) is 0.237. The molecule has 0 aliphatic rings. The first-order valence-electron chi connectivity index (χ1n) is 6.12. The number of rotatable bonds is 6. The van der Waals surface area contributed by atoms with E-state index in [4.69, 9.17) is 10.5 Å². The molecule has 0 heterocycles. The Kier molecular flexibility index (Phi) is 5.16. The van der Waals surface area contributed by atoms with Gasteiger partial charge < -0.3 is 15.8 Å². The average Bonchev–Trinajstić information content (AvgIpc) is 2.27. The lowest BCUT2D eigenvalue weighted by molar-refractivity contribution is -0.122. The summed E-state index contributed by atoms with van der Waals surface area (Å²) in [6.07, 6.45) is 0. The standard InChI is InChI=1S/C14H22N2O2/c1-9-5-12(7-16-4)6-10(2)13(9)18-8-11(3)14(15)17/h5-6,11,16H,7-8H2,1-4H3,(H2,15,17). The van der Waals surface area contributed by atoms with E-state index >= 15 is 0 Å². The number of ether oxygens (including phenoxy) is 1. The second-order valence-corrected chi connectivity index (χ2v) is 4.70. The Morgan fingerprint density at radius 1 is 1.39 bits per heavy atom. The van der Waals surface area contributed by atoms with Gasteiger partial charge in [0.1, 0.15) is 5.75 Å². The minimum Gasteiger partial charge on any atom is -0.492 e. The third kappa shape index (κ3) is 3.74. The number of benzene rings is 1. The first kappa shape index (κ1) is 14.5. The van der Waals surface area contributed by atoms with Crippen LogP contribution in [0.1, 0.15) is 23.6 Å². The van der Waals surface area contributed by atoms with Gasteiger partial charge in [0, 0.05) is 6.54 Å². The number of nitrogens with two attached hydrogens (primary N) is 1. The van der Waals surface area contributed by atoms with Crippen molar-refractivity contribution in [2.45, 2.75) is 27.3 Å². The maximum Gasteiger partial charge on any atom is 0.223 e. The zero-order chi connectivity index (χ0) is 13.7. The first-order chi connectivity index (χ1) is 8.45. The summed E-state index contributed by atoms with van der Waals surface area (Å²) in [6, 6.07) is 4.18. The zero-order valence-corrected chi connectivity index (χ0v) is 11.5. The summed E-state index contributed by atoms with van der Waals surface area (Å²) in [6.45, 7) is 6.94. The van der Waals surface area contributed by atoms with Gasteiger partial charge in [-0.2, -0.15) is 0 Å². The first-order valence-corrected chi connectivity index (χ1v) is 6.12. The number of amides is 1. The van der Waals surface area contributed by atoms with E-state index in [1.165, 1.54) is 5.56 Å². The number of hydrogen-bond donors (Lipinski definition) is 2. The fourth-order valence-electron chi connectivity index (χ4n) is 1.86. The van der Waals surface area contributed by atoms with Crippen molar-refractivity contribution in [3.63, 3.8) is 0 Å². The number of primary amides is 1. The highest BCUT2D eigenvalue weighted by atomic mass is 16.5. The van der Waals surface area contributed by atoms with E-state index in [1.807, 2.05) is 20.9 Å². The van der Waals surface area contributed by atoms with Crippen molar-refractivity contribution in [3.05, 3.63) is 28.8 Å². The van der Waals surface area contributed by atoms with Gasteiger partial charge in [0.15, 0.2) is 0 Å². The van der Waals surface area contributed by atoms with Gasteiger partial charge in [-0.25, -0.2) is 0 Å². The Labute approximate surface area is 109 Å². The van der Waals surface area contributed by atoms with Crippen LogP contribution < -0.4 is 15.8 Å². The molecule has 0 spiro atoms. The molecule has 0 aliphatic heterocycles. The summed E-state index contributed by atoms with van der Waals surface area (Å²) in [5, 5.41) is 3.12. The Bertz CT molecular complexity index is 407. The Balaban J connectivity index is 2.80. The number of nitrogens with one attached hydrogen (secondary N) is 1. The van der Waals surface area contributed by atoms with E-state index in [9.17, 15) is 4.79 Å². The molecule has 1 aromatic rings. The SMILES string of the molecule is CNCc1cc(C)c(OCC(C)C(N)=O)c(C)c1. The van der Waals surface area contributed by atoms with Crippen LogP contribution in [0.3, 0.4) is 0 Å². The van der Waals surface area contributed by atoms with Gasteiger partial charge in [0.2, 0.25) is 5.91 Å². The lowest BCUT2D eigenvalue weighted by Gasteiger charge is -2.16. The van der Waals surface area contributed by atoms with Crippen LogP contribution in [0.5, 0.6) is 5.75 Å². The minimum absolute atomic E-state index is 0.277. The smallest absolute Gasteiger partial charge is 0.223 e. The molecule has 0 bridgehead atoms. The van der Waals surface area contributed by atoms with Crippen molar-refractivity contribution >= 4 is 5.91 Å². The topological polar surface area (TPSA) is 64.3 Å². The van der Waals surface area contributed by atoms with E-state index in [-0.39, 0.29) is 11.8 Å². The second kappa shape index (κ2) is 6.40. The lowest BCUT2D eigenvalue weighted by atomic mass is 10.1. The Morgan fingerprint density at radius 3 is 2.39 bits per heavy atom. The molecule has 3 N–H and O–H groups in total. The molecule has 0 aromatic heterocycles. The molecule has 4 nitrogen and oxygen atoms in total. The maximum absolute atomic E-state index is 11.0. The number of carbonyl (C=O) groups is 1. The summed E-state index contributed by atoms with van der Waals surface area (Å²) >= 11 is 0. The van der Waals surface area contributed by atoms with Crippen LogP contribution in [0, 0.1) is 19.8 Å². The molecule has 0 saturated heterocycles. The molecule has 1 rings (SSSR count). The Hall–Kier alpha value is -1.55. The fourth-order valence-corrected chi connectivity index (χ4v) is 1.86. The molecule has 100 valence electrons. The van der Waals surface area contributed by atoms with Crippen molar-refractivity contribution in [2.24, 2.45) is 11.7 Å². The highest BCUT2D eigenvalue weighted by Gasteiger charge is 2.12. The average molecular weight is 250 g/mol. The molecule has 0 aliphatic carbocycles. The van der Waals surface area contributed by atoms with Crippen molar-refractivity contribution in [1.29, 1.82) is 0 Å². The third-order valence-electron chi connectivity index (χ3n) is 2.86. The van der Waals surface area contributed by atoms with E-state index in [1.54, 1.807) is 6.92 Å². The van der Waals surface area contributed by atoms with Crippen LogP contribution in [0.4, 0.5) is 0 Å². The lowest BCUT2D eigenvalue weighted by Crippen LogP contribution is -2.26. The number of carbonyl (C=O) groups excluding carboxylic acids is 1. The highest BCUT2D eigenvalue weighted by molar-refractivity contribution is 5.76. The van der Waals surface area contributed by atoms with Gasteiger partial charge >= 0.3 is 0 Å². The summed E-state index contributed by atoms with van der Waals surface area (Å²) in [7, 11) is 1.92. The molecule has 1 atom stereocenters. The van der Waals surface area contributed by atoms with Crippen LogP contribution in [0.25, 0.3) is 0 Å². The normalized spacial score (nSPS) is 12.2. The summed E-state index contributed by atoms with van der Waals surface area (Å²) in [4.78, 5) is 11.0. The molecule has 0 saturated carbocycles. The molecule has 4 heteroatoms. The van der Waals surface area contributed by atoms with Gasteiger partial charge in [-0.1, -0.05) is 19.1 Å². The number of hydrogen-bond acceptors (Lipinski definition) is 3. The van der Waals surface area contributed by atoms with Crippen LogP contribution in [-0.4, -0.2) is 19.6 Å². The van der Waals surface area contributed by atoms with E-state index in [2.05, 4.69) is 17.4 Å². The number of aryl methyl sites for hydroxylation is 2. The third-order valence-corrected chi connectivity index (χ3v) is 2.86. The minimum atomic E-state index is -0.336. The van der Waals surface area contributed by atoms with Crippen LogP contribution >= 0.6 is 0 Å². The molecular formula is C14H22N2O2. The van der Waals surface area contributed by atoms with Crippen molar-refractivity contribution < 1.29 is 9.53 Å². The fraction of sp³-hybridized carbons (Fsp3) is 0.500. The molecular weight excluding hydrogens is 228 g/mol. The van der Waals surface area contributed by atoms with E-state index < -0.39 is 0 Å². The van der Waals surface area contributed by atoms with Gasteiger partial charge in [-0.05, 0) is 37.6 Å². The molecule has 1 unspecified atom stereocenters. The van der Waals surface area contributed by atoms with E-state index in [0.717, 1.165) is 23.4 Å². The Morgan fingerprint density at radius 2 is 1.94 bits per heavy atom. The van der Waals surface area contributed by atoms with Gasteiger partial charge in [-0.15, -0.1) is 0 Å². The summed E-state index contributed by atoms with van der Waals surface area (Å²) in [5.41, 5.74) is 8.60. The molecule has 0 fully saturated rings. The van der Waals surface area contributed by atoms with Crippen LogP contribution in [0.2, 0.25) is 0 Å². The zero-order valence-electron chi connectivity index (χ0n) is 11.5. The monoisotopic (exact) mass is 250 g/mol. The predicted molar refractivity (Wildman–Crippen MR) is 72.5 cm³/mol. The van der Waals surface area contributed by atoms with Crippen LogP contribution in [-0.2, 0) is 11.3 Å². The molecule has 18 heavy (non-hydrogen) atoms. The van der Waals surface area contributed by atoms with E-state index in [0.29, 0.717) is 6.61 Å². The van der Waals surface area contributed by atoms with Crippen molar-refractivity contribution in [1.82, 2.24) is 5.32 Å². The van der Waals surface area contributed by atoms with Crippen LogP contribution in [0.15, 0.2) is 12.1 Å². The maximum atomic E-state index is 11.0. The molecule has 0 radical (unpaired) electrons. The largest absolute Gasteiger partial charge is 0.492 e. The van der Waals surface area contributed by atoms with Crippen molar-refractivity contribution in [2.75, 3.05) is 13.7 Å². The highest BCUT2D eigenvalue weighted by Crippen LogP contribution is 2.25. The van der Waals surface area contributed by atoms with Crippen molar-refractivity contribution in [3.8, 4) is 5.75 Å². The quantitative estimate of drug-likeness (QED) is 0.804. The molecule has 1 aromatic carbocycles. The second-order valence-electron chi connectivity index (χ2n) is 4.70. The van der Waals surface area contributed by atoms with Gasteiger partial charge in [-0.3, -0.25) is 4.79 Å². The predicted octanol–water partition coefficient (Wildman–Crippen LogP) is 1.52. The van der Waals surface area contributed by atoms with Gasteiger partial charge in [0.05, 0.1) is 12.5 Å². The summed E-state index contributed by atoms with van der Waals surface area (Å²) < 4.78 is 5.70. The van der Waals surface area contributed by atoms with Gasteiger partial charge in [0.25, 0.3) is 0 Å².